The van der Waals surface area contributed by atoms with Crippen LogP contribution in [0.5, 0.6) is 0 Å². The number of benzene rings is 3. The average molecular weight is 1180 g/mol. The number of hydrogen-bond donors (Lipinski definition) is 7. The van der Waals surface area contributed by atoms with Crippen molar-refractivity contribution in [1.29, 1.82) is 0 Å². The fourth-order valence-corrected chi connectivity index (χ4v) is 11.0. The summed E-state index contributed by atoms with van der Waals surface area (Å²) >= 11 is 0. The van der Waals surface area contributed by atoms with Gasteiger partial charge < -0.3 is 56.1 Å². The Hall–Kier alpha value is -9.36. The first-order valence-electron chi connectivity index (χ1n) is 28.3. The highest BCUT2D eigenvalue weighted by atomic mass is 19.1. The number of unbranched alkanes of at least 4 members (excludes halogenated alkanes) is 2. The average Bonchev–Trinajstić information content (AvgIpc) is 1.49. The number of imide groups is 1. The molecular formula is C61H67FN10O14. The Morgan fingerprint density at radius 2 is 1.58 bits per heavy atom. The van der Waals surface area contributed by atoms with Crippen molar-refractivity contribution >= 4 is 81.6 Å². The summed E-state index contributed by atoms with van der Waals surface area (Å²) in [5.41, 5.74) is 5.83. The molecule has 0 bridgehead atoms. The van der Waals surface area contributed by atoms with Crippen LogP contribution in [-0.4, -0.2) is 155 Å². The highest BCUT2D eigenvalue weighted by Crippen LogP contribution is 2.48. The number of fused-ring (bicyclic) bond motifs is 4. The molecule has 0 spiro atoms. The van der Waals surface area contributed by atoms with E-state index in [1.54, 1.807) is 74.5 Å². The molecule has 0 saturated carbocycles. The zero-order valence-corrected chi connectivity index (χ0v) is 47.8. The molecule has 0 radical (unpaired) electrons. The van der Waals surface area contributed by atoms with Crippen LogP contribution in [0.4, 0.5) is 14.9 Å². The molecular weight excluding hydrogens is 1120 g/mol. The monoisotopic (exact) mass is 1180 g/mol. The third-order valence-corrected chi connectivity index (χ3v) is 15.6. The van der Waals surface area contributed by atoms with Gasteiger partial charge in [0.25, 0.3) is 11.8 Å². The number of anilines is 1. The molecule has 25 heteroatoms. The van der Waals surface area contributed by atoms with Crippen molar-refractivity contribution < 1.29 is 71.7 Å². The molecule has 24 nitrogen and oxygen atoms in total. The van der Waals surface area contributed by atoms with Gasteiger partial charge in [0.15, 0.2) is 5.60 Å². The lowest BCUT2D eigenvalue weighted by atomic mass is 9.81. The van der Waals surface area contributed by atoms with E-state index in [1.165, 1.54) is 25.3 Å². The second kappa shape index (κ2) is 27.1. The van der Waals surface area contributed by atoms with E-state index < -0.39 is 97.2 Å². The van der Waals surface area contributed by atoms with Gasteiger partial charge in [-0.25, -0.2) is 19.0 Å². The summed E-state index contributed by atoms with van der Waals surface area (Å²) in [6, 6.07) is 15.0. The molecule has 1 aromatic heterocycles. The zero-order chi connectivity index (χ0) is 61.2. The molecule has 9 rings (SSSR count). The quantitative estimate of drug-likeness (QED) is 0.0217. The molecule has 3 atom stereocenters. The van der Waals surface area contributed by atoms with Gasteiger partial charge in [0.1, 0.15) is 38.4 Å². The van der Waals surface area contributed by atoms with Gasteiger partial charge in [-0.05, 0) is 90.6 Å². The molecule has 86 heavy (non-hydrogen) atoms. The number of halogens is 1. The van der Waals surface area contributed by atoms with Gasteiger partial charge in [-0.1, -0.05) is 55.8 Å². The maximum Gasteiger partial charge on any atom is 0.411 e. The van der Waals surface area contributed by atoms with Crippen LogP contribution in [0.15, 0.2) is 90.0 Å². The first kappa shape index (κ1) is 61.2. The van der Waals surface area contributed by atoms with Gasteiger partial charge >= 0.3 is 12.1 Å². The minimum absolute atomic E-state index is 0.0505. The largest absolute Gasteiger partial charge is 0.459 e. The van der Waals surface area contributed by atoms with Crippen LogP contribution < -0.4 is 31.9 Å². The van der Waals surface area contributed by atoms with Crippen molar-refractivity contribution in [1.82, 2.24) is 46.3 Å². The molecule has 5 aliphatic rings. The van der Waals surface area contributed by atoms with Gasteiger partial charge in [0.05, 0.1) is 42.6 Å². The maximum atomic E-state index is 15.4. The van der Waals surface area contributed by atoms with Crippen molar-refractivity contribution in [3.05, 3.63) is 135 Å². The summed E-state index contributed by atoms with van der Waals surface area (Å²) in [5, 5.41) is 28.0. The number of nitrogens with zero attached hydrogens (tertiary/aromatic N) is 4. The topological polar surface area (TPSA) is 313 Å². The molecule has 1 aliphatic carbocycles. The lowest BCUT2D eigenvalue weighted by Gasteiger charge is -2.37. The van der Waals surface area contributed by atoms with Crippen LogP contribution in [0.3, 0.4) is 0 Å². The number of hydrogen-bond acceptors (Lipinski definition) is 16. The van der Waals surface area contributed by atoms with Crippen molar-refractivity contribution in [2.24, 2.45) is 0 Å². The number of cyclic esters (lactones) is 1. The van der Waals surface area contributed by atoms with Crippen LogP contribution in [-0.2, 0) is 83.4 Å². The number of amides is 9. The standard InChI is InChI=1S/C61H67FN10O14/c1-4-61(83)42-24-47-57-41(30-71(47)29-38(42)32-85-59(61)81)56-44(19-18-40-35(2)43(62)25-45(69-57)55(40)56)67-52(77)33-84-34-70(3)60(82)86-31-37-14-16-39(17-15-37)66-50(75)28-65-58(80)46(23-36-11-7-5-8-12-36)68-51(76)27-64-49(74)26-63-48(73)13-9-6-10-22-72-53(78)20-21-54(72)79/h5,7-8,11-12,14-17,20-21,24-25,44,46,83H,4,6,9-10,13,18-19,22-23,26-34H2,1-3H3,(H,63,73)(H,64,74)(H,65,80)(H,66,75)(H,67,77)(H,68,76)/t44?,46-,61-/m0/s1. The van der Waals surface area contributed by atoms with Gasteiger partial charge in [-0.3, -0.25) is 48.2 Å². The Bertz CT molecular complexity index is 3460. The molecule has 4 aromatic rings. The number of aliphatic hydroxyl groups is 1. The Morgan fingerprint density at radius 3 is 2.33 bits per heavy atom. The van der Waals surface area contributed by atoms with Gasteiger partial charge in [-0.2, -0.15) is 0 Å². The number of pyridine rings is 1. The fourth-order valence-electron chi connectivity index (χ4n) is 11.0. The van der Waals surface area contributed by atoms with E-state index in [9.17, 15) is 53.1 Å². The highest BCUT2D eigenvalue weighted by Gasteiger charge is 2.47. The lowest BCUT2D eigenvalue weighted by Crippen LogP contribution is -2.52. The minimum Gasteiger partial charge on any atom is -0.459 e. The van der Waals surface area contributed by atoms with Crippen LogP contribution >= 0.6 is 0 Å². The van der Waals surface area contributed by atoms with Crippen LogP contribution in [0.2, 0.25) is 0 Å². The van der Waals surface area contributed by atoms with E-state index in [0.717, 1.165) is 37.4 Å². The minimum atomic E-state index is -1.81. The van der Waals surface area contributed by atoms with Crippen molar-refractivity contribution in [2.45, 2.75) is 96.1 Å². The van der Waals surface area contributed by atoms with E-state index in [-0.39, 0.29) is 57.6 Å². The molecule has 1 unspecified atom stereocenters. The number of esters is 1. The zero-order valence-electron chi connectivity index (χ0n) is 47.8. The van der Waals surface area contributed by atoms with E-state index in [1.807, 2.05) is 0 Å². The predicted molar refractivity (Wildman–Crippen MR) is 307 cm³/mol. The van der Waals surface area contributed by atoms with E-state index in [4.69, 9.17) is 19.2 Å². The SMILES string of the molecule is CC[C@@]1(O)C(=O)OCC2=C1C=C1c3nc4cc(F)c(C)c5c4c(c3CN1C2)C(NC(=O)COCN(C)C(=O)OCc1ccc(NC(=O)CNC(=O)[C@H](Cc2ccccc2)NC(=O)CNC(=O)CNC(=O)CCCCCN2C(=O)C=CC2=O)cc1)CC5. The van der Waals surface area contributed by atoms with Crippen molar-refractivity contribution in [3.8, 4) is 0 Å². The molecule has 0 fully saturated rings. The number of carbonyl (C=O) groups is 10. The number of nitrogens with one attached hydrogen (secondary N) is 6. The Kier molecular flexibility index (Phi) is 19.3. The van der Waals surface area contributed by atoms with E-state index >= 15 is 4.39 Å². The summed E-state index contributed by atoms with van der Waals surface area (Å²) in [4.78, 5) is 136. The Morgan fingerprint density at radius 1 is 0.860 bits per heavy atom. The molecule has 0 saturated heterocycles. The summed E-state index contributed by atoms with van der Waals surface area (Å²) in [6.45, 7) is 2.37. The van der Waals surface area contributed by atoms with Crippen LogP contribution in [0, 0.1) is 12.7 Å². The number of aryl methyl sites for hydroxylation is 1. The van der Waals surface area contributed by atoms with Crippen LogP contribution in [0.25, 0.3) is 16.6 Å². The smallest absolute Gasteiger partial charge is 0.411 e. The molecule has 4 aliphatic heterocycles. The fraction of sp³-hybridized carbons (Fsp3) is 0.393. The summed E-state index contributed by atoms with van der Waals surface area (Å²) < 4.78 is 31.9. The van der Waals surface area contributed by atoms with E-state index in [2.05, 4.69) is 36.8 Å². The number of ether oxygens (including phenoxy) is 3. The second-order valence-electron chi connectivity index (χ2n) is 21.6. The molecule has 5 heterocycles. The van der Waals surface area contributed by atoms with Gasteiger partial charge in [0, 0.05) is 80.0 Å². The highest BCUT2D eigenvalue weighted by molar-refractivity contribution is 6.12. The van der Waals surface area contributed by atoms with Crippen molar-refractivity contribution in [2.75, 3.05) is 65.0 Å². The first-order chi connectivity index (χ1) is 41.3. The van der Waals surface area contributed by atoms with Gasteiger partial charge in [-0.15, -0.1) is 0 Å². The molecule has 3 aromatic carbocycles. The predicted octanol–water partition coefficient (Wildman–Crippen LogP) is 2.69. The summed E-state index contributed by atoms with van der Waals surface area (Å²) in [6.07, 6.45) is 6.27. The van der Waals surface area contributed by atoms with Crippen molar-refractivity contribution in [3.63, 3.8) is 0 Å². The van der Waals surface area contributed by atoms with E-state index in [0.29, 0.717) is 90.1 Å². The second-order valence-corrected chi connectivity index (χ2v) is 21.6. The lowest BCUT2D eigenvalue weighted by molar-refractivity contribution is -0.163. The summed E-state index contributed by atoms with van der Waals surface area (Å²) in [5.74, 6) is -5.27. The normalized spacial score (nSPS) is 17.6. The van der Waals surface area contributed by atoms with Gasteiger partial charge in [0.2, 0.25) is 35.4 Å². The third-order valence-electron chi connectivity index (χ3n) is 15.6. The number of rotatable bonds is 25. The first-order valence-corrected chi connectivity index (χ1v) is 28.3. The molecule has 9 amide bonds. The maximum absolute atomic E-state index is 15.4. The van der Waals surface area contributed by atoms with Crippen LogP contribution in [0.1, 0.15) is 90.6 Å². The third kappa shape index (κ3) is 14.2. The Balaban J connectivity index is 0.692. The summed E-state index contributed by atoms with van der Waals surface area (Å²) in [7, 11) is 1.44. The number of aromatic nitrogens is 1. The molecule has 7 N–H and O–H groups in total. The number of carbonyl (C=O) groups excluding carboxylic acids is 10. The molecule has 452 valence electrons. The Labute approximate surface area is 493 Å².